The van der Waals surface area contributed by atoms with Gasteiger partial charge >= 0.3 is 0 Å². The van der Waals surface area contributed by atoms with Crippen molar-refractivity contribution in [2.45, 2.75) is 0 Å². The van der Waals surface area contributed by atoms with E-state index in [4.69, 9.17) is 0 Å². The van der Waals surface area contributed by atoms with Gasteiger partial charge in [0.15, 0.2) is 0 Å². The molecule has 0 aromatic heterocycles. The summed E-state index contributed by atoms with van der Waals surface area (Å²) in [5.74, 6) is 0. The van der Waals surface area contributed by atoms with Crippen molar-refractivity contribution in [3.05, 3.63) is 48.6 Å². The second kappa shape index (κ2) is 5.58. The van der Waals surface area contributed by atoms with Crippen LogP contribution in [-0.4, -0.2) is 28.8 Å². The summed E-state index contributed by atoms with van der Waals surface area (Å²) in [6.45, 7) is 0. The van der Waals surface area contributed by atoms with E-state index in [9.17, 15) is 20.2 Å². The van der Waals surface area contributed by atoms with Crippen LogP contribution in [0.25, 0.3) is 6.08 Å². The zero-order valence-corrected chi connectivity index (χ0v) is 11.2. The van der Waals surface area contributed by atoms with Gasteiger partial charge in [0.05, 0.1) is 9.85 Å². The molecule has 1 aromatic carbocycles. The number of nitro groups is 2. The van der Waals surface area contributed by atoms with E-state index in [2.05, 4.69) is 15.9 Å². The lowest BCUT2D eigenvalue weighted by atomic mass is 10.1. The largest absolute Gasteiger partial charge is 0.383 e. The van der Waals surface area contributed by atoms with Crippen molar-refractivity contribution < 1.29 is 9.85 Å². The Morgan fingerprint density at radius 1 is 1.17 bits per heavy atom. The molecule has 1 rings (SSSR count). The van der Waals surface area contributed by atoms with Gasteiger partial charge in [0.1, 0.15) is 5.56 Å². The molecule has 96 valence electrons. The molecule has 7 nitrogen and oxygen atoms in total. The van der Waals surface area contributed by atoms with Gasteiger partial charge in [-0.25, -0.2) is 0 Å². The van der Waals surface area contributed by atoms with Crippen LogP contribution in [0.15, 0.2) is 22.8 Å². The van der Waals surface area contributed by atoms with E-state index in [-0.39, 0.29) is 16.9 Å². The predicted molar refractivity (Wildman–Crippen MR) is 70.2 cm³/mol. The first kappa shape index (κ1) is 14.1. The summed E-state index contributed by atoms with van der Waals surface area (Å²) in [7, 11) is 3.43. The standard InChI is InChI=1S/C10H10BrN3O4/c1-12(2)4-3-8-9(13(15)16)5-7(11)6-10(8)14(17)18/h3-6H,1-2H3. The van der Waals surface area contributed by atoms with Crippen LogP contribution >= 0.6 is 15.9 Å². The summed E-state index contributed by atoms with van der Waals surface area (Å²) in [4.78, 5) is 22.2. The molecule has 0 heterocycles. The zero-order chi connectivity index (χ0) is 13.9. The highest BCUT2D eigenvalue weighted by molar-refractivity contribution is 9.10. The molecule has 1 aromatic rings. The Balaban J connectivity index is 3.51. The van der Waals surface area contributed by atoms with Crippen molar-refractivity contribution >= 4 is 33.4 Å². The van der Waals surface area contributed by atoms with Gasteiger partial charge in [-0.15, -0.1) is 0 Å². The van der Waals surface area contributed by atoms with Gasteiger partial charge in [-0.1, -0.05) is 15.9 Å². The average Bonchev–Trinajstić information content (AvgIpc) is 2.25. The maximum absolute atomic E-state index is 10.9. The molecular formula is C10H10BrN3O4. The Labute approximate surface area is 111 Å². The van der Waals surface area contributed by atoms with E-state index >= 15 is 0 Å². The van der Waals surface area contributed by atoms with Crippen LogP contribution in [0.3, 0.4) is 0 Å². The van der Waals surface area contributed by atoms with Gasteiger partial charge in [-0.05, 0) is 12.3 Å². The van der Waals surface area contributed by atoms with E-state index in [0.717, 1.165) is 0 Å². The fourth-order valence-corrected chi connectivity index (χ4v) is 1.72. The number of benzene rings is 1. The van der Waals surface area contributed by atoms with Gasteiger partial charge < -0.3 is 4.90 Å². The molecule has 0 spiro atoms. The van der Waals surface area contributed by atoms with E-state index in [1.54, 1.807) is 19.0 Å². The Hall–Kier alpha value is -1.96. The quantitative estimate of drug-likeness (QED) is 0.629. The normalized spacial score (nSPS) is 10.6. The summed E-state index contributed by atoms with van der Waals surface area (Å²) >= 11 is 3.02. The monoisotopic (exact) mass is 315 g/mol. The Kier molecular flexibility index (Phi) is 4.38. The molecule has 0 aliphatic carbocycles. The lowest BCUT2D eigenvalue weighted by molar-refractivity contribution is -0.394. The van der Waals surface area contributed by atoms with Crippen LogP contribution in [0, 0.1) is 20.2 Å². The first-order valence-corrected chi connectivity index (χ1v) is 5.59. The molecule has 0 N–H and O–H groups in total. The van der Waals surface area contributed by atoms with Gasteiger partial charge in [-0.2, -0.15) is 0 Å². The van der Waals surface area contributed by atoms with Crippen molar-refractivity contribution in [2.75, 3.05) is 14.1 Å². The smallest absolute Gasteiger partial charge is 0.284 e. The average molecular weight is 316 g/mol. The van der Waals surface area contributed by atoms with Crippen LogP contribution < -0.4 is 0 Å². The first-order valence-electron chi connectivity index (χ1n) is 4.80. The molecule has 0 aliphatic heterocycles. The summed E-state index contributed by atoms with van der Waals surface area (Å²) in [6, 6.07) is 2.48. The Morgan fingerprint density at radius 3 is 1.94 bits per heavy atom. The molecule has 0 amide bonds. The maximum atomic E-state index is 10.9. The number of hydrogen-bond acceptors (Lipinski definition) is 5. The SMILES string of the molecule is CN(C)C=Cc1c([N+](=O)[O-])cc(Br)cc1[N+](=O)[O-]. The highest BCUT2D eigenvalue weighted by atomic mass is 79.9. The number of halogens is 1. The van der Waals surface area contributed by atoms with Crippen LogP contribution in [0.4, 0.5) is 11.4 Å². The van der Waals surface area contributed by atoms with Crippen LogP contribution in [0.2, 0.25) is 0 Å². The molecular weight excluding hydrogens is 306 g/mol. The van der Waals surface area contributed by atoms with Gasteiger partial charge in [0, 0.05) is 30.7 Å². The fraction of sp³-hybridized carbons (Fsp3) is 0.200. The van der Waals surface area contributed by atoms with Gasteiger partial charge in [0.2, 0.25) is 0 Å². The van der Waals surface area contributed by atoms with E-state index < -0.39 is 9.85 Å². The van der Waals surface area contributed by atoms with E-state index in [1.807, 2.05) is 0 Å². The second-order valence-corrected chi connectivity index (χ2v) is 4.57. The number of nitro benzene ring substituents is 2. The minimum atomic E-state index is -0.646. The number of nitrogens with zero attached hydrogens (tertiary/aromatic N) is 3. The zero-order valence-electron chi connectivity index (χ0n) is 9.66. The molecule has 0 saturated heterocycles. The molecule has 0 saturated carbocycles. The molecule has 0 unspecified atom stereocenters. The molecule has 8 heteroatoms. The first-order chi connectivity index (χ1) is 8.32. The van der Waals surface area contributed by atoms with Crippen LogP contribution in [0.5, 0.6) is 0 Å². The molecule has 0 aliphatic rings. The van der Waals surface area contributed by atoms with Crippen molar-refractivity contribution in [3.63, 3.8) is 0 Å². The lowest BCUT2D eigenvalue weighted by Crippen LogP contribution is -2.02. The maximum Gasteiger partial charge on any atom is 0.284 e. The summed E-state index contributed by atoms with van der Waals surface area (Å²) in [6.07, 6.45) is 2.87. The molecule has 0 atom stereocenters. The highest BCUT2D eigenvalue weighted by Gasteiger charge is 2.24. The topological polar surface area (TPSA) is 89.5 Å². The third-order valence-electron chi connectivity index (χ3n) is 2.03. The predicted octanol–water partition coefficient (Wildman–Crippen LogP) is 2.80. The summed E-state index contributed by atoms with van der Waals surface area (Å²) in [5, 5.41) is 21.8. The Morgan fingerprint density at radius 2 is 1.61 bits per heavy atom. The van der Waals surface area contributed by atoms with E-state index in [0.29, 0.717) is 4.47 Å². The molecule has 18 heavy (non-hydrogen) atoms. The van der Waals surface area contributed by atoms with Crippen molar-refractivity contribution in [3.8, 4) is 0 Å². The summed E-state index contributed by atoms with van der Waals surface area (Å²) < 4.78 is 0.294. The third-order valence-corrected chi connectivity index (χ3v) is 2.49. The summed E-state index contributed by atoms with van der Waals surface area (Å²) in [5.41, 5.74) is -0.648. The van der Waals surface area contributed by atoms with Crippen molar-refractivity contribution in [2.24, 2.45) is 0 Å². The minimum Gasteiger partial charge on any atom is -0.383 e. The van der Waals surface area contributed by atoms with Crippen molar-refractivity contribution in [1.29, 1.82) is 0 Å². The molecule has 0 fully saturated rings. The number of hydrogen-bond donors (Lipinski definition) is 0. The van der Waals surface area contributed by atoms with Gasteiger partial charge in [-0.3, -0.25) is 20.2 Å². The Bertz CT molecular complexity index is 493. The third kappa shape index (κ3) is 3.27. The van der Waals surface area contributed by atoms with Crippen LogP contribution in [0.1, 0.15) is 5.56 Å². The molecule has 0 radical (unpaired) electrons. The van der Waals surface area contributed by atoms with Crippen molar-refractivity contribution in [1.82, 2.24) is 4.90 Å². The van der Waals surface area contributed by atoms with Gasteiger partial charge in [0.25, 0.3) is 11.4 Å². The second-order valence-electron chi connectivity index (χ2n) is 3.65. The lowest BCUT2D eigenvalue weighted by Gasteiger charge is -2.05. The van der Waals surface area contributed by atoms with E-state index in [1.165, 1.54) is 24.4 Å². The minimum absolute atomic E-state index is 0.0260. The fourth-order valence-electron chi connectivity index (χ4n) is 1.29. The molecule has 0 bridgehead atoms. The number of rotatable bonds is 4. The highest BCUT2D eigenvalue weighted by Crippen LogP contribution is 2.33. The van der Waals surface area contributed by atoms with Crippen LogP contribution in [-0.2, 0) is 0 Å².